The number of ether oxygens (including phenoxy) is 1. The van der Waals surface area contributed by atoms with Crippen LogP contribution < -0.4 is 5.73 Å². The van der Waals surface area contributed by atoms with E-state index in [1.165, 1.54) is 12.8 Å². The third kappa shape index (κ3) is 4.86. The topological polar surface area (TPSA) is 52.3 Å². The van der Waals surface area contributed by atoms with E-state index in [0.29, 0.717) is 28.2 Å². The number of rotatable bonds is 7. The summed E-state index contributed by atoms with van der Waals surface area (Å²) in [6.45, 7) is 4.78. The Morgan fingerprint density at radius 1 is 1.42 bits per heavy atom. The van der Waals surface area contributed by atoms with Crippen LogP contribution in [0.2, 0.25) is 0 Å². The zero-order valence-electron chi connectivity index (χ0n) is 11.6. The maximum Gasteiger partial charge on any atom is 0.339 e. The van der Waals surface area contributed by atoms with E-state index in [-0.39, 0.29) is 5.97 Å². The fourth-order valence-corrected chi connectivity index (χ4v) is 2.30. The van der Waals surface area contributed by atoms with Crippen LogP contribution in [0.15, 0.2) is 22.7 Å². The molecule has 1 aromatic carbocycles. The molecule has 3 nitrogen and oxygen atoms in total. The number of carbonyl (C=O) groups excluding carboxylic acids is 1. The third-order valence-electron chi connectivity index (χ3n) is 3.24. The van der Waals surface area contributed by atoms with Crippen molar-refractivity contribution in [3.63, 3.8) is 0 Å². The summed E-state index contributed by atoms with van der Waals surface area (Å²) in [4.78, 5) is 12.0. The lowest BCUT2D eigenvalue weighted by Gasteiger charge is -2.15. The zero-order chi connectivity index (χ0) is 14.3. The lowest BCUT2D eigenvalue weighted by Crippen LogP contribution is -2.14. The Labute approximate surface area is 123 Å². The zero-order valence-corrected chi connectivity index (χ0v) is 13.2. The minimum atomic E-state index is -0.311. The molecule has 0 aliphatic rings. The van der Waals surface area contributed by atoms with E-state index in [4.69, 9.17) is 10.5 Å². The Balaban J connectivity index is 2.57. The van der Waals surface area contributed by atoms with Gasteiger partial charge in [-0.25, -0.2) is 4.79 Å². The summed E-state index contributed by atoms with van der Waals surface area (Å²) in [5, 5.41) is 0. The molecule has 0 spiro atoms. The SMILES string of the molecule is CCCCC(CC)COC(=O)c1cccc(N)c1Br. The van der Waals surface area contributed by atoms with Gasteiger partial charge in [0.15, 0.2) is 0 Å². The number of unbranched alkanes of at least 4 members (excludes halogenated alkanes) is 1. The van der Waals surface area contributed by atoms with Gasteiger partial charge in [0.2, 0.25) is 0 Å². The van der Waals surface area contributed by atoms with Gasteiger partial charge >= 0.3 is 5.97 Å². The van der Waals surface area contributed by atoms with Crippen LogP contribution in [-0.2, 0) is 4.74 Å². The first-order valence-corrected chi connectivity index (χ1v) is 7.60. The van der Waals surface area contributed by atoms with Crippen LogP contribution >= 0.6 is 15.9 Å². The van der Waals surface area contributed by atoms with Crippen molar-refractivity contribution in [3.8, 4) is 0 Å². The Hall–Kier alpha value is -1.03. The summed E-state index contributed by atoms with van der Waals surface area (Å²) in [5.41, 5.74) is 6.79. The van der Waals surface area contributed by atoms with Gasteiger partial charge < -0.3 is 10.5 Å². The molecule has 0 saturated heterocycles. The normalized spacial score (nSPS) is 12.2. The molecule has 106 valence electrons. The molecule has 0 aromatic heterocycles. The largest absolute Gasteiger partial charge is 0.462 e. The predicted molar refractivity (Wildman–Crippen MR) is 82.1 cm³/mol. The highest BCUT2D eigenvalue weighted by molar-refractivity contribution is 9.10. The molecule has 0 fully saturated rings. The fraction of sp³-hybridized carbons (Fsp3) is 0.533. The molecule has 0 aliphatic carbocycles. The lowest BCUT2D eigenvalue weighted by atomic mass is 10.0. The minimum Gasteiger partial charge on any atom is -0.462 e. The molecule has 2 N–H and O–H groups in total. The number of benzene rings is 1. The highest BCUT2D eigenvalue weighted by atomic mass is 79.9. The molecule has 0 aliphatic heterocycles. The second-order valence-corrected chi connectivity index (χ2v) is 5.52. The number of esters is 1. The summed E-state index contributed by atoms with van der Waals surface area (Å²) in [5.74, 6) is 0.137. The van der Waals surface area contributed by atoms with E-state index in [2.05, 4.69) is 29.8 Å². The van der Waals surface area contributed by atoms with Crippen molar-refractivity contribution in [2.75, 3.05) is 12.3 Å². The van der Waals surface area contributed by atoms with Crippen LogP contribution in [0.1, 0.15) is 49.9 Å². The molecular weight excluding hydrogens is 306 g/mol. The molecule has 19 heavy (non-hydrogen) atoms. The maximum absolute atomic E-state index is 12.0. The van der Waals surface area contributed by atoms with Crippen LogP contribution in [0.5, 0.6) is 0 Å². The molecule has 1 unspecified atom stereocenters. The summed E-state index contributed by atoms with van der Waals surface area (Å²) in [6.07, 6.45) is 4.49. The summed E-state index contributed by atoms with van der Waals surface area (Å²) >= 11 is 3.32. The molecular formula is C15H22BrNO2. The van der Waals surface area contributed by atoms with Crippen molar-refractivity contribution >= 4 is 27.6 Å². The number of hydrogen-bond acceptors (Lipinski definition) is 3. The molecule has 0 radical (unpaired) electrons. The second-order valence-electron chi connectivity index (χ2n) is 4.72. The molecule has 0 saturated carbocycles. The summed E-state index contributed by atoms with van der Waals surface area (Å²) < 4.78 is 6.00. The van der Waals surface area contributed by atoms with Crippen molar-refractivity contribution in [2.24, 2.45) is 5.92 Å². The van der Waals surface area contributed by atoms with Gasteiger partial charge in [-0.2, -0.15) is 0 Å². The number of hydrogen-bond donors (Lipinski definition) is 1. The quantitative estimate of drug-likeness (QED) is 0.596. The van der Waals surface area contributed by atoms with Crippen molar-refractivity contribution in [1.29, 1.82) is 0 Å². The first-order valence-electron chi connectivity index (χ1n) is 6.81. The van der Waals surface area contributed by atoms with Gasteiger partial charge in [0.25, 0.3) is 0 Å². The van der Waals surface area contributed by atoms with E-state index in [1.807, 2.05) is 0 Å². The van der Waals surface area contributed by atoms with E-state index in [9.17, 15) is 4.79 Å². The van der Waals surface area contributed by atoms with Gasteiger partial charge in [0, 0.05) is 5.69 Å². The first-order chi connectivity index (χ1) is 9.10. The Bertz CT molecular complexity index is 421. The summed E-state index contributed by atoms with van der Waals surface area (Å²) in [7, 11) is 0. The van der Waals surface area contributed by atoms with Crippen LogP contribution in [0, 0.1) is 5.92 Å². The molecule has 0 heterocycles. The number of halogens is 1. The third-order valence-corrected chi connectivity index (χ3v) is 4.13. The van der Waals surface area contributed by atoms with Crippen molar-refractivity contribution in [3.05, 3.63) is 28.2 Å². The van der Waals surface area contributed by atoms with E-state index in [1.54, 1.807) is 18.2 Å². The van der Waals surface area contributed by atoms with E-state index in [0.717, 1.165) is 12.8 Å². The number of anilines is 1. The Morgan fingerprint density at radius 3 is 2.79 bits per heavy atom. The van der Waals surface area contributed by atoms with E-state index < -0.39 is 0 Å². The number of nitrogens with two attached hydrogens (primary N) is 1. The van der Waals surface area contributed by atoms with Crippen molar-refractivity contribution in [1.82, 2.24) is 0 Å². The average molecular weight is 328 g/mol. The fourth-order valence-electron chi connectivity index (χ4n) is 1.88. The molecule has 1 atom stereocenters. The highest BCUT2D eigenvalue weighted by Gasteiger charge is 2.15. The monoisotopic (exact) mass is 327 g/mol. The first kappa shape index (κ1) is 16.0. The van der Waals surface area contributed by atoms with Gasteiger partial charge in [0.05, 0.1) is 16.6 Å². The average Bonchev–Trinajstić information content (AvgIpc) is 2.42. The predicted octanol–water partition coefficient (Wildman–Crippen LogP) is 4.40. The number of nitrogen functional groups attached to an aromatic ring is 1. The molecule has 0 amide bonds. The van der Waals surface area contributed by atoms with Gasteiger partial charge in [-0.15, -0.1) is 0 Å². The second kappa shape index (κ2) is 8.20. The summed E-state index contributed by atoms with van der Waals surface area (Å²) in [6, 6.07) is 5.22. The van der Waals surface area contributed by atoms with Crippen LogP contribution in [-0.4, -0.2) is 12.6 Å². The van der Waals surface area contributed by atoms with Crippen molar-refractivity contribution < 1.29 is 9.53 Å². The van der Waals surface area contributed by atoms with Gasteiger partial charge in [-0.3, -0.25) is 0 Å². The maximum atomic E-state index is 12.0. The lowest BCUT2D eigenvalue weighted by molar-refractivity contribution is 0.0427. The Kier molecular flexibility index (Phi) is 6.92. The van der Waals surface area contributed by atoms with Crippen LogP contribution in [0.4, 0.5) is 5.69 Å². The Morgan fingerprint density at radius 2 is 2.16 bits per heavy atom. The minimum absolute atomic E-state index is 0.311. The van der Waals surface area contributed by atoms with Gasteiger partial charge in [0.1, 0.15) is 0 Å². The van der Waals surface area contributed by atoms with Crippen LogP contribution in [0.25, 0.3) is 0 Å². The molecule has 0 bridgehead atoms. The van der Waals surface area contributed by atoms with Gasteiger partial charge in [-0.1, -0.05) is 39.2 Å². The highest BCUT2D eigenvalue weighted by Crippen LogP contribution is 2.24. The molecule has 1 aromatic rings. The smallest absolute Gasteiger partial charge is 0.339 e. The van der Waals surface area contributed by atoms with Crippen LogP contribution in [0.3, 0.4) is 0 Å². The van der Waals surface area contributed by atoms with Crippen molar-refractivity contribution in [2.45, 2.75) is 39.5 Å². The molecule has 1 rings (SSSR count). The standard InChI is InChI=1S/C15H22BrNO2/c1-3-5-7-11(4-2)10-19-15(18)12-8-6-9-13(17)14(12)16/h6,8-9,11H,3-5,7,10,17H2,1-2H3. The number of carbonyl (C=O) groups is 1. The van der Waals surface area contributed by atoms with Gasteiger partial charge in [-0.05, 0) is 40.4 Å². The van der Waals surface area contributed by atoms with E-state index >= 15 is 0 Å². The molecule has 4 heteroatoms.